The molecule has 0 saturated heterocycles. The summed E-state index contributed by atoms with van der Waals surface area (Å²) in [5, 5.41) is 6.33. The van der Waals surface area contributed by atoms with Crippen LogP contribution in [0.25, 0.3) is 0 Å². The number of ether oxygens (including phenoxy) is 2. The zero-order valence-electron chi connectivity index (χ0n) is 14.2. The Hall–Kier alpha value is -1.75. The number of amides is 1. The van der Waals surface area contributed by atoms with Gasteiger partial charge in [-0.15, -0.1) is 0 Å². The molecule has 1 saturated carbocycles. The Labute approximate surface area is 138 Å². The van der Waals surface area contributed by atoms with Crippen LogP contribution in [0.15, 0.2) is 18.2 Å². The molecule has 0 aliphatic heterocycles. The fourth-order valence-corrected chi connectivity index (χ4v) is 2.97. The first-order chi connectivity index (χ1) is 11.2. The van der Waals surface area contributed by atoms with Crippen LogP contribution in [0, 0.1) is 0 Å². The largest absolute Gasteiger partial charge is 0.493 e. The molecule has 1 aliphatic carbocycles. The Morgan fingerprint density at radius 2 is 1.78 bits per heavy atom. The maximum Gasteiger partial charge on any atom is 0.234 e. The molecule has 0 bridgehead atoms. The number of benzene rings is 1. The van der Waals surface area contributed by atoms with E-state index in [0.29, 0.717) is 30.6 Å². The van der Waals surface area contributed by atoms with Crippen LogP contribution in [0.1, 0.15) is 44.1 Å². The highest BCUT2D eigenvalue weighted by Gasteiger charge is 2.13. The van der Waals surface area contributed by atoms with Gasteiger partial charge < -0.3 is 20.1 Å². The zero-order chi connectivity index (χ0) is 16.5. The second-order valence-corrected chi connectivity index (χ2v) is 6.04. The molecule has 1 amide bonds. The molecule has 0 heterocycles. The average Bonchev–Trinajstić information content (AvgIpc) is 2.86. The Bertz CT molecular complexity index is 497. The Morgan fingerprint density at radius 1 is 1.09 bits per heavy atom. The lowest BCUT2D eigenvalue weighted by Gasteiger charge is -2.16. The number of rotatable bonds is 7. The van der Waals surface area contributed by atoms with Crippen LogP contribution in [0.4, 0.5) is 0 Å². The van der Waals surface area contributed by atoms with Crippen molar-refractivity contribution < 1.29 is 14.3 Å². The molecule has 1 aromatic rings. The smallest absolute Gasteiger partial charge is 0.234 e. The minimum atomic E-state index is 0.0315. The minimum Gasteiger partial charge on any atom is -0.493 e. The lowest BCUT2D eigenvalue weighted by Crippen LogP contribution is -2.38. The fourth-order valence-electron chi connectivity index (χ4n) is 2.97. The fraction of sp³-hybridized carbons (Fsp3) is 0.611. The van der Waals surface area contributed by atoms with Crippen LogP contribution in [0.2, 0.25) is 0 Å². The van der Waals surface area contributed by atoms with E-state index in [9.17, 15) is 4.79 Å². The standard InChI is InChI=1S/C18H28N2O3/c1-22-16-10-9-14(11-17(16)23-2)12-20-18(21)13-19-15-7-5-3-4-6-8-15/h9-11,15,19H,3-8,12-13H2,1-2H3,(H,20,21). The van der Waals surface area contributed by atoms with Gasteiger partial charge in [0, 0.05) is 12.6 Å². The monoisotopic (exact) mass is 320 g/mol. The molecule has 0 spiro atoms. The normalized spacial score (nSPS) is 15.7. The van der Waals surface area contributed by atoms with E-state index in [0.717, 1.165) is 5.56 Å². The summed E-state index contributed by atoms with van der Waals surface area (Å²) in [5.74, 6) is 1.40. The number of methoxy groups -OCH3 is 2. The molecule has 2 N–H and O–H groups in total. The molecular weight excluding hydrogens is 292 g/mol. The summed E-state index contributed by atoms with van der Waals surface area (Å²) < 4.78 is 10.5. The maximum atomic E-state index is 12.0. The summed E-state index contributed by atoms with van der Waals surface area (Å²) in [6.45, 7) is 0.878. The van der Waals surface area contributed by atoms with Gasteiger partial charge in [0.2, 0.25) is 5.91 Å². The topological polar surface area (TPSA) is 59.6 Å². The molecule has 0 unspecified atom stereocenters. The second kappa shape index (κ2) is 9.40. The van der Waals surface area contributed by atoms with E-state index < -0.39 is 0 Å². The van der Waals surface area contributed by atoms with Crippen molar-refractivity contribution in [3.63, 3.8) is 0 Å². The first-order valence-corrected chi connectivity index (χ1v) is 8.44. The molecule has 0 radical (unpaired) electrons. The van der Waals surface area contributed by atoms with Crippen LogP contribution < -0.4 is 20.1 Å². The number of nitrogens with one attached hydrogen (secondary N) is 2. The van der Waals surface area contributed by atoms with Crippen molar-refractivity contribution in [2.45, 2.75) is 51.1 Å². The van der Waals surface area contributed by atoms with Gasteiger partial charge in [-0.1, -0.05) is 31.7 Å². The maximum absolute atomic E-state index is 12.0. The molecule has 23 heavy (non-hydrogen) atoms. The van der Waals surface area contributed by atoms with Gasteiger partial charge in [-0.05, 0) is 30.5 Å². The molecule has 1 aromatic carbocycles. The second-order valence-electron chi connectivity index (χ2n) is 6.04. The number of carbonyl (C=O) groups excluding carboxylic acids is 1. The van der Waals surface area contributed by atoms with E-state index >= 15 is 0 Å². The number of hydrogen-bond acceptors (Lipinski definition) is 4. The molecular formula is C18H28N2O3. The quantitative estimate of drug-likeness (QED) is 0.758. The van der Waals surface area contributed by atoms with Gasteiger partial charge in [0.05, 0.1) is 20.8 Å². The highest BCUT2D eigenvalue weighted by Crippen LogP contribution is 2.27. The first-order valence-electron chi connectivity index (χ1n) is 8.44. The molecule has 0 atom stereocenters. The average molecular weight is 320 g/mol. The minimum absolute atomic E-state index is 0.0315. The molecule has 5 heteroatoms. The highest BCUT2D eigenvalue weighted by atomic mass is 16.5. The van der Waals surface area contributed by atoms with E-state index in [1.54, 1.807) is 14.2 Å². The van der Waals surface area contributed by atoms with Gasteiger partial charge in [-0.25, -0.2) is 0 Å². The number of carbonyl (C=O) groups is 1. The van der Waals surface area contributed by atoms with Crippen molar-refractivity contribution in [1.29, 1.82) is 0 Å². The third-order valence-corrected chi connectivity index (χ3v) is 4.34. The van der Waals surface area contributed by atoms with Crippen molar-refractivity contribution in [1.82, 2.24) is 10.6 Å². The van der Waals surface area contributed by atoms with E-state index in [1.807, 2.05) is 18.2 Å². The lowest BCUT2D eigenvalue weighted by atomic mass is 10.1. The van der Waals surface area contributed by atoms with Gasteiger partial charge in [0.15, 0.2) is 11.5 Å². The molecule has 0 aromatic heterocycles. The molecule has 128 valence electrons. The predicted molar refractivity (Wildman–Crippen MR) is 90.9 cm³/mol. The lowest BCUT2D eigenvalue weighted by molar-refractivity contribution is -0.120. The predicted octanol–water partition coefficient (Wildman–Crippen LogP) is 2.63. The van der Waals surface area contributed by atoms with Crippen LogP contribution in [-0.4, -0.2) is 32.7 Å². The van der Waals surface area contributed by atoms with Crippen molar-refractivity contribution in [3.05, 3.63) is 23.8 Å². The molecule has 2 rings (SSSR count). The SMILES string of the molecule is COc1ccc(CNC(=O)CNC2CCCCCC2)cc1OC. The summed E-state index contributed by atoms with van der Waals surface area (Å²) in [6.07, 6.45) is 7.55. The molecule has 5 nitrogen and oxygen atoms in total. The van der Waals surface area contributed by atoms with Gasteiger partial charge in [0.1, 0.15) is 0 Å². The van der Waals surface area contributed by atoms with Crippen molar-refractivity contribution >= 4 is 5.91 Å². The highest BCUT2D eigenvalue weighted by molar-refractivity contribution is 5.78. The summed E-state index contributed by atoms with van der Waals surface area (Å²) in [4.78, 5) is 12.0. The van der Waals surface area contributed by atoms with Gasteiger partial charge in [-0.3, -0.25) is 4.79 Å². The van der Waals surface area contributed by atoms with Crippen molar-refractivity contribution in [3.8, 4) is 11.5 Å². The van der Waals surface area contributed by atoms with E-state index in [4.69, 9.17) is 9.47 Å². The zero-order valence-corrected chi connectivity index (χ0v) is 14.2. The Kier molecular flexibility index (Phi) is 7.20. The van der Waals surface area contributed by atoms with Gasteiger partial charge >= 0.3 is 0 Å². The molecule has 1 aliphatic rings. The van der Waals surface area contributed by atoms with Crippen LogP contribution >= 0.6 is 0 Å². The van der Waals surface area contributed by atoms with Gasteiger partial charge in [0.25, 0.3) is 0 Å². The first kappa shape index (κ1) is 17.6. The Balaban J connectivity index is 1.75. The van der Waals surface area contributed by atoms with Gasteiger partial charge in [-0.2, -0.15) is 0 Å². The number of hydrogen-bond donors (Lipinski definition) is 2. The third-order valence-electron chi connectivity index (χ3n) is 4.34. The summed E-state index contributed by atoms with van der Waals surface area (Å²) in [5.41, 5.74) is 0.991. The summed E-state index contributed by atoms with van der Waals surface area (Å²) in [6, 6.07) is 6.16. The van der Waals surface area contributed by atoms with Crippen molar-refractivity contribution in [2.24, 2.45) is 0 Å². The van der Waals surface area contributed by atoms with Crippen LogP contribution in [-0.2, 0) is 11.3 Å². The van der Waals surface area contributed by atoms with Crippen molar-refractivity contribution in [2.75, 3.05) is 20.8 Å². The molecule has 1 fully saturated rings. The van der Waals surface area contributed by atoms with Crippen LogP contribution in [0.5, 0.6) is 11.5 Å². The van der Waals surface area contributed by atoms with E-state index in [2.05, 4.69) is 10.6 Å². The third kappa shape index (κ3) is 5.75. The summed E-state index contributed by atoms with van der Waals surface area (Å²) >= 11 is 0. The van der Waals surface area contributed by atoms with E-state index in [-0.39, 0.29) is 5.91 Å². The van der Waals surface area contributed by atoms with Crippen LogP contribution in [0.3, 0.4) is 0 Å². The Morgan fingerprint density at radius 3 is 2.43 bits per heavy atom. The van der Waals surface area contributed by atoms with E-state index in [1.165, 1.54) is 38.5 Å². The summed E-state index contributed by atoms with van der Waals surface area (Å²) in [7, 11) is 3.22.